The molecule has 3 rings (SSSR count). The van der Waals surface area contributed by atoms with Gasteiger partial charge in [-0.15, -0.1) is 6.58 Å². The molecule has 0 aliphatic carbocycles. The van der Waals surface area contributed by atoms with E-state index in [0.717, 1.165) is 5.56 Å². The Labute approximate surface area is 218 Å². The maximum absolute atomic E-state index is 12.9. The summed E-state index contributed by atoms with van der Waals surface area (Å²) in [6, 6.07) is 9.51. The first-order chi connectivity index (χ1) is 17.7. The van der Waals surface area contributed by atoms with Gasteiger partial charge in [-0.25, -0.2) is 0 Å². The van der Waals surface area contributed by atoms with Crippen LogP contribution in [0.2, 0.25) is 0 Å². The third kappa shape index (κ3) is 8.20. The molecule has 0 aromatic heterocycles. The van der Waals surface area contributed by atoms with E-state index in [9.17, 15) is 19.5 Å². The van der Waals surface area contributed by atoms with Crippen molar-refractivity contribution in [2.24, 2.45) is 5.92 Å². The van der Waals surface area contributed by atoms with E-state index >= 15 is 0 Å². The lowest BCUT2D eigenvalue weighted by Crippen LogP contribution is -2.53. The fourth-order valence-electron chi connectivity index (χ4n) is 4.83. The summed E-state index contributed by atoms with van der Waals surface area (Å²) in [6.45, 7) is 8.63. The van der Waals surface area contributed by atoms with E-state index < -0.39 is 42.6 Å². The quantitative estimate of drug-likeness (QED) is 0.329. The molecule has 0 saturated carbocycles. The molecule has 1 N–H and O–H groups in total. The van der Waals surface area contributed by atoms with Crippen LogP contribution in [0.15, 0.2) is 43.0 Å². The maximum Gasteiger partial charge on any atom is 0.303 e. The number of ether oxygens (including phenoxy) is 5. The molecule has 9 nitrogen and oxygen atoms in total. The molecule has 0 bridgehead atoms. The highest BCUT2D eigenvalue weighted by molar-refractivity contribution is 5.85. The average molecular weight is 519 g/mol. The predicted octanol–water partition coefficient (Wildman–Crippen LogP) is 2.91. The van der Waals surface area contributed by atoms with Crippen LogP contribution in [0.5, 0.6) is 0 Å². The smallest absolute Gasteiger partial charge is 0.303 e. The fraction of sp³-hybridized carbons (Fsp3) is 0.607. The lowest BCUT2D eigenvalue weighted by Gasteiger charge is -2.36. The van der Waals surface area contributed by atoms with E-state index in [-0.39, 0.29) is 43.4 Å². The van der Waals surface area contributed by atoms with E-state index in [4.69, 9.17) is 23.7 Å². The predicted molar refractivity (Wildman–Crippen MR) is 133 cm³/mol. The molecule has 0 unspecified atom stereocenters. The molecule has 1 aromatic rings. The number of aliphatic hydroxyl groups is 1. The van der Waals surface area contributed by atoms with Gasteiger partial charge in [-0.2, -0.15) is 0 Å². The number of hydrogen-bond acceptors (Lipinski definition) is 9. The molecule has 0 radical (unpaired) electrons. The van der Waals surface area contributed by atoms with Crippen LogP contribution in [-0.2, 0) is 44.7 Å². The molecule has 2 aliphatic rings. The zero-order chi connectivity index (χ0) is 26.9. The first kappa shape index (κ1) is 29.0. The van der Waals surface area contributed by atoms with Crippen LogP contribution in [0.25, 0.3) is 0 Å². The lowest BCUT2D eigenvalue weighted by molar-refractivity contribution is -0.190. The van der Waals surface area contributed by atoms with Gasteiger partial charge in [0.2, 0.25) is 0 Å². The summed E-state index contributed by atoms with van der Waals surface area (Å²) >= 11 is 0. The molecule has 2 aliphatic heterocycles. The molecular formula is C28H38O9. The minimum absolute atomic E-state index is 0.0978. The molecule has 2 fully saturated rings. The van der Waals surface area contributed by atoms with Gasteiger partial charge in [-0.1, -0.05) is 43.3 Å². The van der Waals surface area contributed by atoms with Crippen LogP contribution in [0.4, 0.5) is 0 Å². The second kappa shape index (κ2) is 13.8. The topological polar surface area (TPSA) is 118 Å². The van der Waals surface area contributed by atoms with Crippen LogP contribution < -0.4 is 0 Å². The number of carbonyl (C=O) groups excluding carboxylic acids is 3. The van der Waals surface area contributed by atoms with Crippen molar-refractivity contribution in [3.05, 3.63) is 48.6 Å². The molecular weight excluding hydrogens is 480 g/mol. The summed E-state index contributed by atoms with van der Waals surface area (Å²) < 4.78 is 29.1. The van der Waals surface area contributed by atoms with E-state index in [0.29, 0.717) is 19.3 Å². The van der Waals surface area contributed by atoms with Gasteiger partial charge >= 0.3 is 11.9 Å². The van der Waals surface area contributed by atoms with Crippen LogP contribution in [0, 0.1) is 5.92 Å². The largest absolute Gasteiger partial charge is 0.466 e. The standard InChI is InChI=1S/C28H38O9/c1-5-9-21-12-13-22(31)25(36-21)28(35-19(4)30)27-24(32)26(34-16-20-10-7-6-8-11-20)23(37-27)14-17(2)15-33-18(3)29/h5-8,10-11,17,21,23-28,32H,1,9,12-16H2,2-4H3/t17-,21-,23-,24+,25+,26+,27-,28-/m1/s1. The van der Waals surface area contributed by atoms with Gasteiger partial charge in [0.1, 0.15) is 18.3 Å². The molecule has 37 heavy (non-hydrogen) atoms. The monoisotopic (exact) mass is 518 g/mol. The Hall–Kier alpha value is -2.59. The number of rotatable bonds is 12. The van der Waals surface area contributed by atoms with Gasteiger partial charge in [0.05, 0.1) is 25.4 Å². The number of Topliss-reactive ketones (excluding diaryl/α,β-unsaturated/α-hetero) is 1. The van der Waals surface area contributed by atoms with Crippen molar-refractivity contribution in [2.75, 3.05) is 6.61 Å². The fourth-order valence-corrected chi connectivity index (χ4v) is 4.83. The molecule has 8 atom stereocenters. The van der Waals surface area contributed by atoms with Crippen LogP contribution in [0.1, 0.15) is 52.0 Å². The number of benzene rings is 1. The maximum atomic E-state index is 12.9. The first-order valence-electron chi connectivity index (χ1n) is 12.8. The Morgan fingerprint density at radius 1 is 1.19 bits per heavy atom. The second-order valence-corrected chi connectivity index (χ2v) is 9.82. The van der Waals surface area contributed by atoms with Crippen LogP contribution >= 0.6 is 0 Å². The zero-order valence-electron chi connectivity index (χ0n) is 21.7. The van der Waals surface area contributed by atoms with Crippen LogP contribution in [-0.4, -0.2) is 72.2 Å². The summed E-state index contributed by atoms with van der Waals surface area (Å²) in [5.74, 6) is -1.31. The van der Waals surface area contributed by atoms with E-state index in [1.165, 1.54) is 13.8 Å². The highest BCUT2D eigenvalue weighted by Crippen LogP contribution is 2.35. The Kier molecular flexibility index (Phi) is 10.8. The minimum atomic E-state index is -1.20. The molecule has 2 heterocycles. The number of hydrogen-bond donors (Lipinski definition) is 1. The normalized spacial score (nSPS) is 29.4. The number of aliphatic hydroxyl groups excluding tert-OH is 1. The van der Waals surface area contributed by atoms with Crippen LogP contribution in [0.3, 0.4) is 0 Å². The Morgan fingerprint density at radius 2 is 1.92 bits per heavy atom. The molecule has 2 saturated heterocycles. The number of esters is 2. The number of carbonyl (C=O) groups is 3. The first-order valence-corrected chi connectivity index (χ1v) is 12.8. The third-order valence-corrected chi connectivity index (χ3v) is 6.59. The van der Waals surface area contributed by atoms with E-state index in [2.05, 4.69) is 6.58 Å². The van der Waals surface area contributed by atoms with E-state index in [1.807, 2.05) is 37.3 Å². The minimum Gasteiger partial charge on any atom is -0.466 e. The summed E-state index contributed by atoms with van der Waals surface area (Å²) in [6.07, 6.45) is -2.62. The van der Waals surface area contributed by atoms with Gasteiger partial charge in [0.15, 0.2) is 18.0 Å². The highest BCUT2D eigenvalue weighted by Gasteiger charge is 2.53. The van der Waals surface area contributed by atoms with E-state index in [1.54, 1.807) is 6.08 Å². The van der Waals surface area contributed by atoms with Gasteiger partial charge in [-0.3, -0.25) is 14.4 Å². The highest BCUT2D eigenvalue weighted by atomic mass is 16.6. The van der Waals surface area contributed by atoms with Crippen molar-refractivity contribution in [3.63, 3.8) is 0 Å². The Bertz CT molecular complexity index is 917. The van der Waals surface area contributed by atoms with Crippen molar-refractivity contribution in [3.8, 4) is 0 Å². The molecule has 1 aromatic carbocycles. The molecule has 9 heteroatoms. The summed E-state index contributed by atoms with van der Waals surface area (Å²) in [5, 5.41) is 11.4. The Balaban J connectivity index is 1.83. The summed E-state index contributed by atoms with van der Waals surface area (Å²) in [7, 11) is 0. The van der Waals surface area contributed by atoms with Crippen molar-refractivity contribution < 1.29 is 43.2 Å². The van der Waals surface area contributed by atoms with Crippen molar-refractivity contribution in [1.29, 1.82) is 0 Å². The number of ketones is 1. The summed E-state index contributed by atoms with van der Waals surface area (Å²) in [4.78, 5) is 36.2. The molecule has 0 amide bonds. The summed E-state index contributed by atoms with van der Waals surface area (Å²) in [5.41, 5.74) is 0.916. The van der Waals surface area contributed by atoms with Crippen molar-refractivity contribution >= 4 is 17.7 Å². The Morgan fingerprint density at radius 3 is 2.57 bits per heavy atom. The lowest BCUT2D eigenvalue weighted by atomic mass is 9.91. The molecule has 0 spiro atoms. The SMILES string of the molecule is C=CC[C@@H]1CCC(=O)[C@@H]([C@@H](OC(C)=O)[C@@H]2O[C@H](C[C@@H](C)COC(C)=O)[C@H](OCc3ccccc3)[C@@H]2O)O1. The van der Waals surface area contributed by atoms with Crippen molar-refractivity contribution in [2.45, 2.75) is 95.8 Å². The van der Waals surface area contributed by atoms with Gasteiger partial charge < -0.3 is 28.8 Å². The van der Waals surface area contributed by atoms with Gasteiger partial charge in [-0.05, 0) is 30.7 Å². The second-order valence-electron chi connectivity index (χ2n) is 9.82. The molecule has 204 valence electrons. The van der Waals surface area contributed by atoms with Gasteiger partial charge in [0, 0.05) is 20.3 Å². The zero-order valence-corrected chi connectivity index (χ0v) is 21.7. The average Bonchev–Trinajstić information content (AvgIpc) is 3.16. The third-order valence-electron chi connectivity index (χ3n) is 6.59. The van der Waals surface area contributed by atoms with Gasteiger partial charge in [0.25, 0.3) is 0 Å². The van der Waals surface area contributed by atoms with Crippen molar-refractivity contribution in [1.82, 2.24) is 0 Å².